The average molecular weight is 434 g/mol. The highest BCUT2D eigenvalue weighted by Gasteiger charge is 2.30. The Hall–Kier alpha value is -3.32. The van der Waals surface area contributed by atoms with E-state index in [1.807, 2.05) is 18.2 Å². The Bertz CT molecular complexity index is 1240. The summed E-state index contributed by atoms with van der Waals surface area (Å²) in [5, 5.41) is 1.67. The SMILES string of the molecule is COC(=O)c1cccc(N=C2SC(=Cc3cn(C(C)C)c4ccccc34)C(=O)N2C)c1. The summed E-state index contributed by atoms with van der Waals surface area (Å²) >= 11 is 1.32. The van der Waals surface area contributed by atoms with Crippen molar-refractivity contribution in [3.05, 3.63) is 70.8 Å². The molecule has 0 unspecified atom stereocenters. The van der Waals surface area contributed by atoms with Gasteiger partial charge in [-0.3, -0.25) is 9.69 Å². The molecule has 1 amide bonds. The van der Waals surface area contributed by atoms with E-state index in [9.17, 15) is 9.59 Å². The standard InChI is InChI=1S/C24H23N3O3S/c1-15(2)27-14-17(19-10-5-6-11-20(19)27)13-21-22(28)26(3)24(31-21)25-18-9-7-8-16(12-18)23(29)30-4/h5-15H,1-4H3. The van der Waals surface area contributed by atoms with E-state index in [4.69, 9.17) is 4.74 Å². The zero-order chi connectivity index (χ0) is 22.1. The number of hydrogen-bond acceptors (Lipinski definition) is 5. The highest BCUT2D eigenvalue weighted by molar-refractivity contribution is 8.18. The van der Waals surface area contributed by atoms with Crippen molar-refractivity contribution in [2.75, 3.05) is 14.2 Å². The van der Waals surface area contributed by atoms with Gasteiger partial charge >= 0.3 is 5.97 Å². The van der Waals surface area contributed by atoms with E-state index < -0.39 is 5.97 Å². The summed E-state index contributed by atoms with van der Waals surface area (Å²) in [6.45, 7) is 4.28. The van der Waals surface area contributed by atoms with Crippen LogP contribution in [0.4, 0.5) is 5.69 Å². The smallest absolute Gasteiger partial charge is 0.337 e. The first-order chi connectivity index (χ1) is 14.9. The van der Waals surface area contributed by atoms with Crippen molar-refractivity contribution in [3.8, 4) is 0 Å². The average Bonchev–Trinajstić information content (AvgIpc) is 3.27. The van der Waals surface area contributed by atoms with Gasteiger partial charge in [0.15, 0.2) is 5.17 Å². The van der Waals surface area contributed by atoms with E-state index >= 15 is 0 Å². The summed E-state index contributed by atoms with van der Waals surface area (Å²) in [5.74, 6) is -0.526. The first kappa shape index (κ1) is 20.9. The van der Waals surface area contributed by atoms with Gasteiger partial charge in [-0.15, -0.1) is 0 Å². The molecule has 6 nitrogen and oxygen atoms in total. The van der Waals surface area contributed by atoms with E-state index in [1.165, 1.54) is 23.8 Å². The van der Waals surface area contributed by atoms with Crippen molar-refractivity contribution >= 4 is 51.5 Å². The molecule has 1 fully saturated rings. The third-order valence-corrected chi connectivity index (χ3v) is 6.17. The first-order valence-corrected chi connectivity index (χ1v) is 10.7. The molecule has 158 valence electrons. The van der Waals surface area contributed by atoms with Crippen LogP contribution in [0.2, 0.25) is 0 Å². The molecule has 2 heterocycles. The maximum Gasteiger partial charge on any atom is 0.337 e. The molecule has 2 aromatic carbocycles. The summed E-state index contributed by atoms with van der Waals surface area (Å²) in [4.78, 5) is 31.4. The fraction of sp³-hybridized carbons (Fsp3) is 0.208. The molecule has 4 rings (SSSR count). The van der Waals surface area contributed by atoms with E-state index in [0.717, 1.165) is 16.5 Å². The highest BCUT2D eigenvalue weighted by Crippen LogP contribution is 2.35. The number of esters is 1. The number of nitrogens with zero attached hydrogens (tertiary/aromatic N) is 3. The number of benzene rings is 2. The van der Waals surface area contributed by atoms with Crippen LogP contribution in [0, 0.1) is 0 Å². The van der Waals surface area contributed by atoms with Crippen LogP contribution in [0.3, 0.4) is 0 Å². The number of methoxy groups -OCH3 is 1. The fourth-order valence-corrected chi connectivity index (χ4v) is 4.48. The number of para-hydroxylation sites is 1. The van der Waals surface area contributed by atoms with E-state index in [1.54, 1.807) is 31.3 Å². The number of rotatable bonds is 4. The number of amides is 1. The van der Waals surface area contributed by atoms with Crippen LogP contribution in [0.5, 0.6) is 0 Å². The number of fused-ring (bicyclic) bond motifs is 1. The number of ether oxygens (including phenoxy) is 1. The molecule has 0 bridgehead atoms. The number of aliphatic imine (C=N–C) groups is 1. The summed E-state index contributed by atoms with van der Waals surface area (Å²) in [5.41, 5.74) is 3.14. The van der Waals surface area contributed by atoms with Gasteiger partial charge in [0.1, 0.15) is 0 Å². The second-order valence-corrected chi connectivity index (χ2v) is 8.52. The third kappa shape index (κ3) is 4.01. The third-order valence-electron chi connectivity index (χ3n) is 5.11. The zero-order valence-electron chi connectivity index (χ0n) is 17.8. The van der Waals surface area contributed by atoms with E-state index in [2.05, 4.69) is 41.7 Å². The number of carbonyl (C=O) groups is 2. The van der Waals surface area contributed by atoms with Crippen molar-refractivity contribution in [2.24, 2.45) is 4.99 Å². The van der Waals surface area contributed by atoms with Crippen molar-refractivity contribution in [3.63, 3.8) is 0 Å². The maximum atomic E-state index is 12.9. The molecule has 31 heavy (non-hydrogen) atoms. The van der Waals surface area contributed by atoms with Crippen LogP contribution in [0.25, 0.3) is 17.0 Å². The second kappa shape index (κ2) is 8.43. The van der Waals surface area contributed by atoms with Gasteiger partial charge in [-0.2, -0.15) is 0 Å². The van der Waals surface area contributed by atoms with Crippen LogP contribution in [0.15, 0.2) is 64.6 Å². The van der Waals surface area contributed by atoms with Crippen molar-refractivity contribution in [1.82, 2.24) is 9.47 Å². The normalized spacial score (nSPS) is 16.8. The Balaban J connectivity index is 1.70. The van der Waals surface area contributed by atoms with E-state index in [-0.39, 0.29) is 5.91 Å². The van der Waals surface area contributed by atoms with Crippen LogP contribution in [-0.4, -0.2) is 40.7 Å². The molecule has 3 aromatic rings. The summed E-state index contributed by atoms with van der Waals surface area (Å²) < 4.78 is 6.98. The van der Waals surface area contributed by atoms with Crippen molar-refractivity contribution < 1.29 is 14.3 Å². The number of likely N-dealkylation sites (N-methyl/N-ethyl adjacent to an activating group) is 1. The molecule has 0 atom stereocenters. The van der Waals surface area contributed by atoms with Crippen LogP contribution in [-0.2, 0) is 9.53 Å². The molecule has 0 aliphatic carbocycles. The van der Waals surface area contributed by atoms with Gasteiger partial charge in [-0.05, 0) is 56.0 Å². The molecule has 0 N–H and O–H groups in total. The van der Waals surface area contributed by atoms with Crippen LogP contribution >= 0.6 is 11.8 Å². The minimum Gasteiger partial charge on any atom is -0.465 e. The number of carbonyl (C=O) groups excluding carboxylic acids is 2. The van der Waals surface area contributed by atoms with Gasteiger partial charge in [0.25, 0.3) is 5.91 Å². The molecule has 1 aliphatic rings. The van der Waals surface area contributed by atoms with Gasteiger partial charge in [-0.1, -0.05) is 24.3 Å². The van der Waals surface area contributed by atoms with Crippen molar-refractivity contribution in [2.45, 2.75) is 19.9 Å². The summed E-state index contributed by atoms with van der Waals surface area (Å²) in [6, 6.07) is 15.3. The van der Waals surface area contributed by atoms with Crippen LogP contribution in [0.1, 0.15) is 35.8 Å². The quantitative estimate of drug-likeness (QED) is 0.417. The molecule has 1 saturated heterocycles. The predicted octanol–water partition coefficient (Wildman–Crippen LogP) is 5.24. The molecule has 0 radical (unpaired) electrons. The Morgan fingerprint density at radius 2 is 1.94 bits per heavy atom. The summed E-state index contributed by atoms with van der Waals surface area (Å²) in [7, 11) is 3.05. The monoisotopic (exact) mass is 433 g/mol. The van der Waals surface area contributed by atoms with Gasteiger partial charge in [-0.25, -0.2) is 9.79 Å². The topological polar surface area (TPSA) is 63.9 Å². The predicted molar refractivity (Wildman–Crippen MR) is 126 cm³/mol. The number of amidine groups is 1. The van der Waals surface area contributed by atoms with Gasteiger partial charge in [0, 0.05) is 35.8 Å². The lowest BCUT2D eigenvalue weighted by Crippen LogP contribution is -2.23. The minimum absolute atomic E-state index is 0.103. The van der Waals surface area contributed by atoms with Gasteiger partial charge in [0.05, 0.1) is 23.3 Å². The Morgan fingerprint density at radius 3 is 2.68 bits per heavy atom. The lowest BCUT2D eigenvalue weighted by molar-refractivity contribution is -0.121. The molecule has 0 spiro atoms. The van der Waals surface area contributed by atoms with E-state index in [0.29, 0.717) is 27.4 Å². The minimum atomic E-state index is -0.423. The fourth-order valence-electron chi connectivity index (χ4n) is 3.50. The van der Waals surface area contributed by atoms with Gasteiger partial charge < -0.3 is 9.30 Å². The number of hydrogen-bond donors (Lipinski definition) is 0. The second-order valence-electron chi connectivity index (χ2n) is 7.51. The molecule has 1 aromatic heterocycles. The lowest BCUT2D eigenvalue weighted by Gasteiger charge is -2.08. The highest BCUT2D eigenvalue weighted by atomic mass is 32.2. The first-order valence-electron chi connectivity index (χ1n) is 9.93. The number of aromatic nitrogens is 1. The molecule has 7 heteroatoms. The van der Waals surface area contributed by atoms with Crippen molar-refractivity contribution in [1.29, 1.82) is 0 Å². The maximum absolute atomic E-state index is 12.9. The Morgan fingerprint density at radius 1 is 1.16 bits per heavy atom. The molecule has 1 aliphatic heterocycles. The summed E-state index contributed by atoms with van der Waals surface area (Å²) in [6.07, 6.45) is 4.02. The van der Waals surface area contributed by atoms with Gasteiger partial charge in [0.2, 0.25) is 0 Å². The number of thioether (sulfide) groups is 1. The Labute approximate surface area is 185 Å². The Kier molecular flexibility index (Phi) is 5.69. The lowest BCUT2D eigenvalue weighted by atomic mass is 10.1. The zero-order valence-corrected chi connectivity index (χ0v) is 18.6. The molecular weight excluding hydrogens is 410 g/mol. The van der Waals surface area contributed by atoms with Crippen LogP contribution < -0.4 is 0 Å². The molecule has 0 saturated carbocycles. The largest absolute Gasteiger partial charge is 0.465 e. The molecular formula is C24H23N3O3S.